The number of sulfone groups is 1. The molecule has 0 saturated carbocycles. The van der Waals surface area contributed by atoms with Crippen LogP contribution in [0.15, 0.2) is 18.2 Å². The van der Waals surface area contributed by atoms with E-state index in [0.29, 0.717) is 17.2 Å². The minimum atomic E-state index is -3.10. The normalized spacial score (nSPS) is 19.1. The molecule has 2 rings (SSSR count). The first-order chi connectivity index (χ1) is 10.7. The van der Waals surface area contributed by atoms with Crippen molar-refractivity contribution in [3.05, 3.63) is 28.2 Å². The van der Waals surface area contributed by atoms with Crippen LogP contribution in [0, 0.1) is 0 Å². The topological polar surface area (TPSA) is 102 Å². The van der Waals surface area contributed by atoms with Gasteiger partial charge in [0.15, 0.2) is 16.4 Å². The van der Waals surface area contributed by atoms with E-state index in [-0.39, 0.29) is 16.5 Å². The molecule has 1 aliphatic heterocycles. The number of rotatable bonds is 4. The number of ether oxygens (including phenoxy) is 1. The van der Waals surface area contributed by atoms with Gasteiger partial charge >= 0.3 is 6.03 Å². The summed E-state index contributed by atoms with van der Waals surface area (Å²) in [6.45, 7) is -0.394. The van der Waals surface area contributed by atoms with Crippen LogP contribution in [0.2, 0.25) is 10.0 Å². The van der Waals surface area contributed by atoms with Crippen molar-refractivity contribution in [2.45, 2.75) is 12.5 Å². The number of carbonyl (C=O) groups excluding carboxylic acids is 2. The Morgan fingerprint density at radius 2 is 2.00 bits per heavy atom. The van der Waals surface area contributed by atoms with Crippen LogP contribution in [0.25, 0.3) is 0 Å². The van der Waals surface area contributed by atoms with Gasteiger partial charge in [-0.3, -0.25) is 10.1 Å². The van der Waals surface area contributed by atoms with Gasteiger partial charge in [0.2, 0.25) is 0 Å². The molecule has 0 radical (unpaired) electrons. The van der Waals surface area contributed by atoms with Crippen LogP contribution >= 0.6 is 23.2 Å². The van der Waals surface area contributed by atoms with E-state index in [1.165, 1.54) is 18.2 Å². The molecule has 1 atom stereocenters. The third-order valence-electron chi connectivity index (χ3n) is 3.08. The lowest BCUT2D eigenvalue weighted by atomic mass is 10.3. The highest BCUT2D eigenvalue weighted by molar-refractivity contribution is 7.91. The van der Waals surface area contributed by atoms with Gasteiger partial charge in [-0.2, -0.15) is 0 Å². The van der Waals surface area contributed by atoms with Crippen LogP contribution in [0.3, 0.4) is 0 Å². The van der Waals surface area contributed by atoms with Gasteiger partial charge in [0, 0.05) is 12.1 Å². The van der Waals surface area contributed by atoms with Gasteiger partial charge in [-0.15, -0.1) is 0 Å². The van der Waals surface area contributed by atoms with E-state index in [9.17, 15) is 18.0 Å². The molecule has 1 heterocycles. The number of urea groups is 1. The van der Waals surface area contributed by atoms with Crippen molar-refractivity contribution in [1.29, 1.82) is 0 Å². The lowest BCUT2D eigenvalue weighted by molar-refractivity contribution is -0.122. The minimum Gasteiger partial charge on any atom is -0.484 e. The quantitative estimate of drug-likeness (QED) is 0.821. The molecule has 0 aromatic heterocycles. The number of carbonyl (C=O) groups is 2. The molecular weight excluding hydrogens is 367 g/mol. The van der Waals surface area contributed by atoms with Crippen LogP contribution in [-0.2, 0) is 14.6 Å². The fourth-order valence-corrected chi connectivity index (χ4v) is 3.97. The van der Waals surface area contributed by atoms with Crippen LogP contribution < -0.4 is 15.4 Å². The Morgan fingerprint density at radius 3 is 2.61 bits per heavy atom. The zero-order chi connectivity index (χ0) is 17.0. The van der Waals surface area contributed by atoms with Crippen molar-refractivity contribution in [3.8, 4) is 5.75 Å². The van der Waals surface area contributed by atoms with E-state index in [2.05, 4.69) is 10.6 Å². The van der Waals surface area contributed by atoms with Gasteiger partial charge < -0.3 is 10.1 Å². The molecule has 0 bridgehead atoms. The van der Waals surface area contributed by atoms with E-state index in [0.717, 1.165) is 0 Å². The lowest BCUT2D eigenvalue weighted by Gasteiger charge is -2.12. The first-order valence-electron chi connectivity index (χ1n) is 6.64. The van der Waals surface area contributed by atoms with Gasteiger partial charge in [0.25, 0.3) is 5.91 Å². The maximum atomic E-state index is 11.6. The Hall–Kier alpha value is -1.51. The highest BCUT2D eigenvalue weighted by atomic mass is 35.5. The zero-order valence-corrected chi connectivity index (χ0v) is 14.2. The summed E-state index contributed by atoms with van der Waals surface area (Å²) < 4.78 is 27.7. The van der Waals surface area contributed by atoms with Gasteiger partial charge in [0.05, 0.1) is 21.6 Å². The first-order valence-corrected chi connectivity index (χ1v) is 9.21. The molecule has 23 heavy (non-hydrogen) atoms. The number of imide groups is 1. The Labute approximate surface area is 143 Å². The maximum Gasteiger partial charge on any atom is 0.321 e. The first kappa shape index (κ1) is 17.8. The molecule has 0 spiro atoms. The Balaban J connectivity index is 1.76. The molecule has 3 amide bonds. The molecule has 1 fully saturated rings. The Morgan fingerprint density at radius 1 is 1.26 bits per heavy atom. The van der Waals surface area contributed by atoms with E-state index >= 15 is 0 Å². The van der Waals surface area contributed by atoms with E-state index in [1.54, 1.807) is 0 Å². The Kier molecular flexibility index (Phi) is 5.72. The third kappa shape index (κ3) is 5.56. The van der Waals surface area contributed by atoms with Crippen molar-refractivity contribution in [2.24, 2.45) is 0 Å². The molecular formula is C13H14Cl2N2O5S. The zero-order valence-electron chi connectivity index (χ0n) is 11.8. The summed E-state index contributed by atoms with van der Waals surface area (Å²) in [6.07, 6.45) is 0.337. The number of amides is 3. The van der Waals surface area contributed by atoms with Crippen LogP contribution in [0.1, 0.15) is 6.42 Å². The highest BCUT2D eigenvalue weighted by Gasteiger charge is 2.29. The van der Waals surface area contributed by atoms with Crippen LogP contribution in [0.4, 0.5) is 4.79 Å². The Bertz CT molecular complexity index is 723. The molecule has 126 valence electrons. The summed E-state index contributed by atoms with van der Waals surface area (Å²) in [5, 5.41) is 5.14. The summed E-state index contributed by atoms with van der Waals surface area (Å²) in [7, 11) is -3.10. The molecule has 2 N–H and O–H groups in total. The van der Waals surface area contributed by atoms with Crippen molar-refractivity contribution in [3.63, 3.8) is 0 Å². The summed E-state index contributed by atoms with van der Waals surface area (Å²) in [5.41, 5.74) is 0. The van der Waals surface area contributed by atoms with Gasteiger partial charge in [0.1, 0.15) is 5.75 Å². The number of benzene rings is 1. The van der Waals surface area contributed by atoms with Gasteiger partial charge in [-0.05, 0) is 18.6 Å². The number of hydrogen-bond acceptors (Lipinski definition) is 5. The molecule has 7 nitrogen and oxygen atoms in total. The monoisotopic (exact) mass is 380 g/mol. The summed E-state index contributed by atoms with van der Waals surface area (Å²) in [4.78, 5) is 23.2. The number of nitrogens with one attached hydrogen (secondary N) is 2. The van der Waals surface area contributed by atoms with Gasteiger partial charge in [-0.1, -0.05) is 23.2 Å². The molecule has 1 aliphatic rings. The van der Waals surface area contributed by atoms with Crippen molar-refractivity contribution in [2.75, 3.05) is 18.1 Å². The average Bonchev–Trinajstić information content (AvgIpc) is 2.79. The number of hydrogen-bond donors (Lipinski definition) is 2. The minimum absolute atomic E-state index is 0.0341. The summed E-state index contributed by atoms with van der Waals surface area (Å²) in [5.74, 6) is -0.424. The van der Waals surface area contributed by atoms with Crippen molar-refractivity contribution in [1.82, 2.24) is 10.6 Å². The van der Waals surface area contributed by atoms with Gasteiger partial charge in [-0.25, -0.2) is 13.2 Å². The van der Waals surface area contributed by atoms with E-state index in [4.69, 9.17) is 27.9 Å². The molecule has 1 unspecified atom stereocenters. The summed E-state index contributed by atoms with van der Waals surface area (Å²) in [6, 6.07) is 3.26. The maximum absolute atomic E-state index is 11.6. The van der Waals surface area contributed by atoms with Crippen molar-refractivity contribution >= 4 is 45.0 Å². The largest absolute Gasteiger partial charge is 0.484 e. The number of halogens is 2. The lowest BCUT2D eigenvalue weighted by Crippen LogP contribution is -2.46. The predicted octanol–water partition coefficient (Wildman–Crippen LogP) is 1.39. The molecule has 0 aliphatic carbocycles. The second-order valence-corrected chi connectivity index (χ2v) is 8.03. The van der Waals surface area contributed by atoms with E-state index in [1.807, 2.05) is 0 Å². The highest BCUT2D eigenvalue weighted by Crippen LogP contribution is 2.26. The second-order valence-electron chi connectivity index (χ2n) is 4.99. The smallest absolute Gasteiger partial charge is 0.321 e. The average molecular weight is 381 g/mol. The van der Waals surface area contributed by atoms with Crippen LogP contribution in [-0.4, -0.2) is 44.5 Å². The SMILES string of the molecule is O=C(COc1ccc(Cl)c(Cl)c1)NC(=O)NC1CCS(=O)(=O)C1. The van der Waals surface area contributed by atoms with Crippen molar-refractivity contribution < 1.29 is 22.7 Å². The van der Waals surface area contributed by atoms with Crippen LogP contribution in [0.5, 0.6) is 5.75 Å². The fourth-order valence-electron chi connectivity index (χ4n) is 2.01. The van der Waals surface area contributed by atoms with E-state index < -0.39 is 34.4 Å². The molecule has 1 aromatic carbocycles. The predicted molar refractivity (Wildman–Crippen MR) is 85.7 cm³/mol. The molecule has 10 heteroatoms. The molecule has 1 aromatic rings. The molecule has 1 saturated heterocycles. The standard InChI is InChI=1S/C13H14Cl2N2O5S/c14-10-2-1-9(5-11(10)15)22-6-12(18)17-13(19)16-8-3-4-23(20,21)7-8/h1-2,5,8H,3-4,6-7H2,(H2,16,17,18,19). The fraction of sp³-hybridized carbons (Fsp3) is 0.385. The summed E-state index contributed by atoms with van der Waals surface area (Å²) >= 11 is 11.6. The third-order valence-corrected chi connectivity index (χ3v) is 5.59. The second kappa shape index (κ2) is 7.37.